The molecule has 0 aromatic heterocycles. The number of urea groups is 1. The molecule has 0 spiro atoms. The highest BCUT2D eigenvalue weighted by atomic mass is 16.4. The van der Waals surface area contributed by atoms with E-state index in [-0.39, 0.29) is 10.8 Å². The SMILES string of the molecule is CC(C)(C)C(NC(=O)NCC1C(C)(C)C1(C)C)C(=O)O. The third-order valence-corrected chi connectivity index (χ3v) is 5.17. The van der Waals surface area contributed by atoms with Gasteiger partial charge in [-0.15, -0.1) is 0 Å². The van der Waals surface area contributed by atoms with E-state index in [0.717, 1.165) is 0 Å². The Bertz CT molecular complexity index is 394. The van der Waals surface area contributed by atoms with Crippen LogP contribution in [0.4, 0.5) is 4.79 Å². The largest absolute Gasteiger partial charge is 0.480 e. The van der Waals surface area contributed by atoms with Crippen LogP contribution in [0.3, 0.4) is 0 Å². The second kappa shape index (κ2) is 4.93. The van der Waals surface area contributed by atoms with Gasteiger partial charge in [0.25, 0.3) is 0 Å². The number of nitrogens with one attached hydrogen (secondary N) is 2. The van der Waals surface area contributed by atoms with Gasteiger partial charge in [-0.1, -0.05) is 48.5 Å². The Balaban J connectivity index is 2.51. The first-order valence-electron chi connectivity index (χ1n) is 7.09. The standard InChI is InChI=1S/C15H28N2O3/c1-13(2,3)10(11(18)19)17-12(20)16-8-9-14(4,5)15(9,6)7/h9-10H,8H2,1-7H3,(H,18,19)(H2,16,17,20). The number of amides is 2. The van der Waals surface area contributed by atoms with Gasteiger partial charge < -0.3 is 15.7 Å². The van der Waals surface area contributed by atoms with Gasteiger partial charge in [0.05, 0.1) is 0 Å². The van der Waals surface area contributed by atoms with E-state index in [1.165, 1.54) is 0 Å². The van der Waals surface area contributed by atoms with E-state index in [2.05, 4.69) is 38.3 Å². The van der Waals surface area contributed by atoms with Crippen LogP contribution in [0.5, 0.6) is 0 Å². The second-order valence-corrected chi connectivity index (χ2v) is 7.99. The van der Waals surface area contributed by atoms with Gasteiger partial charge in [-0.3, -0.25) is 0 Å². The summed E-state index contributed by atoms with van der Waals surface area (Å²) in [5.74, 6) is -0.599. The molecule has 0 bridgehead atoms. The van der Waals surface area contributed by atoms with E-state index in [1.54, 1.807) is 20.8 Å². The van der Waals surface area contributed by atoms with Gasteiger partial charge in [0.15, 0.2) is 0 Å². The van der Waals surface area contributed by atoms with Crippen molar-refractivity contribution in [3.05, 3.63) is 0 Å². The molecule has 0 aromatic carbocycles. The molecule has 0 aromatic rings. The molecule has 1 aliphatic carbocycles. The van der Waals surface area contributed by atoms with Crippen molar-refractivity contribution in [3.8, 4) is 0 Å². The van der Waals surface area contributed by atoms with Gasteiger partial charge in [-0.25, -0.2) is 9.59 Å². The van der Waals surface area contributed by atoms with E-state index >= 15 is 0 Å². The van der Waals surface area contributed by atoms with E-state index < -0.39 is 23.5 Å². The summed E-state index contributed by atoms with van der Waals surface area (Å²) in [6.07, 6.45) is 0. The molecule has 1 fully saturated rings. The molecule has 20 heavy (non-hydrogen) atoms. The normalized spacial score (nSPS) is 21.9. The predicted octanol–water partition coefficient (Wildman–Crippen LogP) is 2.47. The fourth-order valence-electron chi connectivity index (χ4n) is 2.87. The maximum atomic E-state index is 11.9. The summed E-state index contributed by atoms with van der Waals surface area (Å²) in [4.78, 5) is 23.1. The summed E-state index contributed by atoms with van der Waals surface area (Å²) in [7, 11) is 0. The van der Waals surface area contributed by atoms with Crippen molar-refractivity contribution in [1.82, 2.24) is 10.6 Å². The first-order valence-corrected chi connectivity index (χ1v) is 7.09. The molecule has 5 heteroatoms. The number of carboxylic acids is 1. The zero-order chi connectivity index (χ0) is 15.9. The number of rotatable bonds is 4. The number of carbonyl (C=O) groups excluding carboxylic acids is 1. The zero-order valence-electron chi connectivity index (χ0n) is 13.6. The molecule has 116 valence electrons. The molecule has 5 nitrogen and oxygen atoms in total. The lowest BCUT2D eigenvalue weighted by atomic mass is 9.87. The molecule has 1 rings (SSSR count). The average molecular weight is 284 g/mol. The van der Waals surface area contributed by atoms with Crippen LogP contribution in [0, 0.1) is 22.2 Å². The van der Waals surface area contributed by atoms with Crippen LogP contribution in [-0.2, 0) is 4.79 Å². The van der Waals surface area contributed by atoms with Crippen LogP contribution in [-0.4, -0.2) is 29.7 Å². The van der Waals surface area contributed by atoms with Crippen molar-refractivity contribution < 1.29 is 14.7 Å². The maximum absolute atomic E-state index is 11.9. The molecule has 0 heterocycles. The van der Waals surface area contributed by atoms with Crippen LogP contribution in [0.25, 0.3) is 0 Å². The highest BCUT2D eigenvalue weighted by Crippen LogP contribution is 2.67. The minimum atomic E-state index is -1.01. The molecule has 0 radical (unpaired) electrons. The van der Waals surface area contributed by atoms with E-state index in [4.69, 9.17) is 0 Å². The molecular weight excluding hydrogens is 256 g/mol. The minimum absolute atomic E-state index is 0.205. The lowest BCUT2D eigenvalue weighted by Crippen LogP contribution is -2.52. The number of aliphatic carboxylic acids is 1. The van der Waals surface area contributed by atoms with Gasteiger partial charge in [-0.2, -0.15) is 0 Å². The Morgan fingerprint density at radius 3 is 1.90 bits per heavy atom. The number of carboxylic acid groups (broad SMARTS) is 1. The summed E-state index contributed by atoms with van der Waals surface area (Å²) in [6, 6.07) is -1.31. The topological polar surface area (TPSA) is 78.4 Å². The Kier molecular flexibility index (Phi) is 4.14. The van der Waals surface area contributed by atoms with Gasteiger partial charge in [0.1, 0.15) is 6.04 Å². The molecule has 1 aliphatic rings. The molecule has 2 amide bonds. The maximum Gasteiger partial charge on any atom is 0.326 e. The van der Waals surface area contributed by atoms with Crippen molar-refractivity contribution in [2.24, 2.45) is 22.2 Å². The molecule has 0 aliphatic heterocycles. The van der Waals surface area contributed by atoms with Gasteiger partial charge in [0.2, 0.25) is 0 Å². The van der Waals surface area contributed by atoms with Crippen LogP contribution >= 0.6 is 0 Å². The molecule has 3 N–H and O–H groups in total. The highest BCUT2D eigenvalue weighted by molar-refractivity contribution is 5.83. The summed E-state index contributed by atoms with van der Waals surface area (Å²) in [6.45, 7) is 14.7. The lowest BCUT2D eigenvalue weighted by Gasteiger charge is -2.27. The monoisotopic (exact) mass is 284 g/mol. The van der Waals surface area contributed by atoms with Gasteiger partial charge in [-0.05, 0) is 22.2 Å². The van der Waals surface area contributed by atoms with Crippen LogP contribution < -0.4 is 10.6 Å². The first-order chi connectivity index (χ1) is 8.81. The predicted molar refractivity (Wildman–Crippen MR) is 78.5 cm³/mol. The average Bonchev–Trinajstić information content (AvgIpc) is 2.61. The fourth-order valence-corrected chi connectivity index (χ4v) is 2.87. The third-order valence-electron chi connectivity index (χ3n) is 5.17. The number of hydrogen-bond donors (Lipinski definition) is 3. The summed E-state index contributed by atoms with van der Waals surface area (Å²) < 4.78 is 0. The molecule has 1 saturated carbocycles. The number of carbonyl (C=O) groups is 2. The van der Waals surface area contributed by atoms with Crippen LogP contribution in [0.1, 0.15) is 48.5 Å². The zero-order valence-corrected chi connectivity index (χ0v) is 13.6. The number of hydrogen-bond acceptors (Lipinski definition) is 2. The highest BCUT2D eigenvalue weighted by Gasteiger charge is 2.64. The van der Waals surface area contributed by atoms with E-state index in [9.17, 15) is 14.7 Å². The second-order valence-electron chi connectivity index (χ2n) is 7.99. The van der Waals surface area contributed by atoms with Crippen molar-refractivity contribution in [2.75, 3.05) is 6.54 Å². The Labute approximate surface area is 121 Å². The summed E-state index contributed by atoms with van der Waals surface area (Å²) in [5, 5.41) is 14.5. The first kappa shape index (κ1) is 16.8. The van der Waals surface area contributed by atoms with Crippen molar-refractivity contribution in [3.63, 3.8) is 0 Å². The van der Waals surface area contributed by atoms with Gasteiger partial charge >= 0.3 is 12.0 Å². The Hall–Kier alpha value is -1.26. The van der Waals surface area contributed by atoms with Crippen LogP contribution in [0.2, 0.25) is 0 Å². The fraction of sp³-hybridized carbons (Fsp3) is 0.867. The smallest absolute Gasteiger partial charge is 0.326 e. The van der Waals surface area contributed by atoms with E-state index in [0.29, 0.717) is 12.5 Å². The van der Waals surface area contributed by atoms with Crippen molar-refractivity contribution in [2.45, 2.75) is 54.5 Å². The lowest BCUT2D eigenvalue weighted by molar-refractivity contribution is -0.141. The van der Waals surface area contributed by atoms with Crippen LogP contribution in [0.15, 0.2) is 0 Å². The molecule has 1 atom stereocenters. The summed E-state index contributed by atoms with van der Waals surface area (Å²) >= 11 is 0. The molecule has 1 unspecified atom stereocenters. The van der Waals surface area contributed by atoms with E-state index in [1.807, 2.05) is 0 Å². The molecule has 0 saturated heterocycles. The molecular formula is C15H28N2O3. The Morgan fingerprint density at radius 1 is 1.15 bits per heavy atom. The summed E-state index contributed by atoms with van der Waals surface area (Å²) in [5.41, 5.74) is -0.117. The van der Waals surface area contributed by atoms with Crippen molar-refractivity contribution >= 4 is 12.0 Å². The van der Waals surface area contributed by atoms with Crippen molar-refractivity contribution in [1.29, 1.82) is 0 Å². The van der Waals surface area contributed by atoms with Gasteiger partial charge in [0, 0.05) is 6.54 Å². The minimum Gasteiger partial charge on any atom is -0.480 e. The Morgan fingerprint density at radius 2 is 1.60 bits per heavy atom. The quantitative estimate of drug-likeness (QED) is 0.742. The third kappa shape index (κ3) is 3.07.